The lowest BCUT2D eigenvalue weighted by Crippen LogP contribution is -2.43. The molecule has 0 aliphatic heterocycles. The summed E-state index contributed by atoms with van der Waals surface area (Å²) in [5, 5.41) is 5.91. The molecule has 2 amide bonds. The Kier molecular flexibility index (Phi) is 5.97. The van der Waals surface area contributed by atoms with Gasteiger partial charge in [-0.1, -0.05) is 36.4 Å². The predicted octanol–water partition coefficient (Wildman–Crippen LogP) is 3.80. The number of aryl methyl sites for hydroxylation is 1. The molecule has 7 heteroatoms. The second kappa shape index (κ2) is 8.60. The normalized spacial score (nSPS) is 12.8. The van der Waals surface area contributed by atoms with Crippen molar-refractivity contribution in [2.45, 2.75) is 32.9 Å². The maximum Gasteiger partial charge on any atom is 0.329 e. The molecule has 3 N–H and O–H groups in total. The topological polar surface area (TPSA) is 100 Å². The quantitative estimate of drug-likeness (QED) is 0.438. The zero-order valence-electron chi connectivity index (χ0n) is 16.5. The van der Waals surface area contributed by atoms with Gasteiger partial charge in [-0.3, -0.25) is 4.79 Å². The maximum absolute atomic E-state index is 12.9. The van der Waals surface area contributed by atoms with Crippen molar-refractivity contribution in [1.29, 1.82) is 0 Å². The van der Waals surface area contributed by atoms with Crippen LogP contribution in [0.15, 0.2) is 54.6 Å². The molecule has 0 radical (unpaired) electrons. The second-order valence-corrected chi connectivity index (χ2v) is 6.80. The smallest absolute Gasteiger partial charge is 0.329 e. The summed E-state index contributed by atoms with van der Waals surface area (Å²) in [7, 11) is 0. The van der Waals surface area contributed by atoms with Crippen LogP contribution in [0.25, 0.3) is 10.9 Å². The Balaban J connectivity index is 1.61. The van der Waals surface area contributed by atoms with E-state index in [0.29, 0.717) is 16.9 Å². The third kappa shape index (κ3) is 4.63. The number of urea groups is 1. The van der Waals surface area contributed by atoms with Gasteiger partial charge in [-0.2, -0.15) is 0 Å². The number of aromatic nitrogens is 1. The molecule has 0 saturated heterocycles. The number of ketones is 1. The minimum absolute atomic E-state index is 0.297. The van der Waals surface area contributed by atoms with E-state index in [9.17, 15) is 14.4 Å². The zero-order chi connectivity index (χ0) is 21.0. The summed E-state index contributed by atoms with van der Waals surface area (Å²) >= 11 is 0. The van der Waals surface area contributed by atoms with Crippen molar-refractivity contribution < 1.29 is 19.1 Å². The van der Waals surface area contributed by atoms with E-state index in [1.54, 1.807) is 31.2 Å². The Labute approximate surface area is 168 Å². The number of rotatable bonds is 6. The summed E-state index contributed by atoms with van der Waals surface area (Å²) in [6.45, 7) is 4.83. The number of hydrogen-bond donors (Lipinski definition) is 3. The van der Waals surface area contributed by atoms with Gasteiger partial charge in [0.2, 0.25) is 5.78 Å². The highest BCUT2D eigenvalue weighted by atomic mass is 16.5. The molecule has 29 heavy (non-hydrogen) atoms. The van der Waals surface area contributed by atoms with Gasteiger partial charge in [-0.25, -0.2) is 9.59 Å². The number of hydrogen-bond acceptors (Lipinski definition) is 4. The molecule has 1 aromatic heterocycles. The number of benzene rings is 2. The number of H-pyrrole nitrogens is 1. The SMILES string of the molecule is Cc1[nH]c2ccccc2c1C(=O)[C@H](C)OC(=O)[C@H](C)NC(=O)Nc1ccccc1. The van der Waals surface area contributed by atoms with Crippen LogP contribution in [-0.4, -0.2) is 34.9 Å². The van der Waals surface area contributed by atoms with Gasteiger partial charge in [0.25, 0.3) is 0 Å². The Hall–Kier alpha value is -3.61. The van der Waals surface area contributed by atoms with Crippen LogP contribution in [0.1, 0.15) is 29.9 Å². The number of anilines is 1. The standard InChI is InChI=1S/C22H23N3O4/c1-13-19(17-11-7-8-12-18(17)23-13)20(26)15(3)29-21(27)14(2)24-22(28)25-16-9-5-4-6-10-16/h4-12,14-15,23H,1-3H3,(H2,24,25,28)/t14-,15-/m0/s1. The number of esters is 1. The molecule has 0 aliphatic carbocycles. The van der Waals surface area contributed by atoms with E-state index in [1.165, 1.54) is 13.8 Å². The van der Waals surface area contributed by atoms with Crippen LogP contribution < -0.4 is 10.6 Å². The number of carbonyl (C=O) groups excluding carboxylic acids is 3. The third-order valence-corrected chi connectivity index (χ3v) is 4.53. The van der Waals surface area contributed by atoms with Gasteiger partial charge < -0.3 is 20.4 Å². The molecule has 2 aromatic carbocycles. The minimum atomic E-state index is -0.984. The van der Waals surface area contributed by atoms with Crippen molar-refractivity contribution in [3.8, 4) is 0 Å². The first-order valence-electron chi connectivity index (χ1n) is 9.31. The molecular weight excluding hydrogens is 370 g/mol. The lowest BCUT2D eigenvalue weighted by Gasteiger charge is -2.17. The zero-order valence-corrected chi connectivity index (χ0v) is 16.5. The van der Waals surface area contributed by atoms with Crippen molar-refractivity contribution in [2.24, 2.45) is 0 Å². The molecule has 0 unspecified atom stereocenters. The first-order chi connectivity index (χ1) is 13.9. The van der Waals surface area contributed by atoms with Crippen LogP contribution in [0.3, 0.4) is 0 Å². The molecule has 150 valence electrons. The predicted molar refractivity (Wildman–Crippen MR) is 111 cm³/mol. The average molecular weight is 393 g/mol. The monoisotopic (exact) mass is 393 g/mol. The van der Waals surface area contributed by atoms with Crippen molar-refractivity contribution in [2.75, 3.05) is 5.32 Å². The third-order valence-electron chi connectivity index (χ3n) is 4.53. The Bertz CT molecular complexity index is 1040. The lowest BCUT2D eigenvalue weighted by molar-refractivity contribution is -0.148. The minimum Gasteiger partial charge on any atom is -0.453 e. The van der Waals surface area contributed by atoms with E-state index in [0.717, 1.165) is 10.9 Å². The van der Waals surface area contributed by atoms with Crippen LogP contribution in [-0.2, 0) is 9.53 Å². The second-order valence-electron chi connectivity index (χ2n) is 6.80. The van der Waals surface area contributed by atoms with E-state index in [2.05, 4.69) is 15.6 Å². The summed E-state index contributed by atoms with van der Waals surface area (Å²) in [5.74, 6) is -0.985. The molecule has 0 saturated carbocycles. The molecule has 0 bridgehead atoms. The molecule has 3 aromatic rings. The van der Waals surface area contributed by atoms with Gasteiger partial charge in [-0.05, 0) is 39.0 Å². The number of ether oxygens (including phenoxy) is 1. The molecule has 0 spiro atoms. The summed E-state index contributed by atoms with van der Waals surface area (Å²) in [5.41, 5.74) is 2.67. The van der Waals surface area contributed by atoms with Gasteiger partial charge >= 0.3 is 12.0 Å². The van der Waals surface area contributed by atoms with Crippen molar-refractivity contribution in [3.05, 3.63) is 65.9 Å². The number of fused-ring (bicyclic) bond motifs is 1. The summed E-state index contributed by atoms with van der Waals surface area (Å²) in [6.07, 6.45) is -0.984. The van der Waals surface area contributed by atoms with Gasteiger partial charge in [0, 0.05) is 27.8 Å². The lowest BCUT2D eigenvalue weighted by atomic mass is 10.0. The number of nitrogens with one attached hydrogen (secondary N) is 3. The van der Waals surface area contributed by atoms with Crippen LogP contribution >= 0.6 is 0 Å². The highest BCUT2D eigenvalue weighted by Gasteiger charge is 2.26. The van der Waals surface area contributed by atoms with Crippen LogP contribution in [0.4, 0.5) is 10.5 Å². The van der Waals surface area contributed by atoms with Gasteiger partial charge in [-0.15, -0.1) is 0 Å². The first kappa shape index (κ1) is 20.1. The Morgan fingerprint density at radius 2 is 1.62 bits per heavy atom. The van der Waals surface area contributed by atoms with Crippen LogP contribution in [0, 0.1) is 6.92 Å². The average Bonchev–Trinajstić information content (AvgIpc) is 3.03. The Morgan fingerprint density at radius 1 is 0.966 bits per heavy atom. The highest BCUT2D eigenvalue weighted by molar-refractivity contribution is 6.11. The van der Waals surface area contributed by atoms with E-state index >= 15 is 0 Å². The molecular formula is C22H23N3O4. The van der Waals surface area contributed by atoms with Crippen molar-refractivity contribution >= 4 is 34.4 Å². The van der Waals surface area contributed by atoms with Gasteiger partial charge in [0.1, 0.15) is 6.04 Å². The maximum atomic E-state index is 12.9. The van der Waals surface area contributed by atoms with Crippen molar-refractivity contribution in [3.63, 3.8) is 0 Å². The molecule has 2 atom stereocenters. The molecule has 3 rings (SSSR count). The summed E-state index contributed by atoms with van der Waals surface area (Å²) in [6, 6.07) is 14.9. The molecule has 1 heterocycles. The molecule has 7 nitrogen and oxygen atoms in total. The number of amides is 2. The van der Waals surface area contributed by atoms with E-state index in [4.69, 9.17) is 4.74 Å². The highest BCUT2D eigenvalue weighted by Crippen LogP contribution is 2.23. The summed E-state index contributed by atoms with van der Waals surface area (Å²) in [4.78, 5) is 40.4. The number of Topliss-reactive ketones (excluding diaryl/α,β-unsaturated/α-hetero) is 1. The first-order valence-corrected chi connectivity index (χ1v) is 9.31. The van der Waals surface area contributed by atoms with E-state index < -0.39 is 24.1 Å². The largest absolute Gasteiger partial charge is 0.453 e. The van der Waals surface area contributed by atoms with E-state index in [1.807, 2.05) is 30.3 Å². The van der Waals surface area contributed by atoms with Crippen molar-refractivity contribution in [1.82, 2.24) is 10.3 Å². The van der Waals surface area contributed by atoms with E-state index in [-0.39, 0.29) is 5.78 Å². The van der Waals surface area contributed by atoms with Gasteiger partial charge in [0.15, 0.2) is 6.10 Å². The Morgan fingerprint density at radius 3 is 2.34 bits per heavy atom. The summed E-state index contributed by atoms with van der Waals surface area (Å²) < 4.78 is 5.31. The number of para-hydroxylation sites is 2. The van der Waals surface area contributed by atoms with Crippen LogP contribution in [0.5, 0.6) is 0 Å². The van der Waals surface area contributed by atoms with Gasteiger partial charge in [0.05, 0.1) is 0 Å². The fraction of sp³-hybridized carbons (Fsp3) is 0.227. The van der Waals surface area contributed by atoms with Crippen LogP contribution in [0.2, 0.25) is 0 Å². The molecule has 0 aliphatic rings. The molecule has 0 fully saturated rings. The number of aromatic amines is 1. The fourth-order valence-electron chi connectivity index (χ4n) is 3.07. The number of carbonyl (C=O) groups is 3. The fourth-order valence-corrected chi connectivity index (χ4v) is 3.07.